The molecule has 0 aliphatic heterocycles. The van der Waals surface area contributed by atoms with Gasteiger partial charge in [-0.3, -0.25) is 19.4 Å². The number of methoxy groups -OCH3 is 2. The van der Waals surface area contributed by atoms with Gasteiger partial charge in [0.1, 0.15) is 5.78 Å². The average Bonchev–Trinajstić information content (AvgIpc) is 2.54. The maximum absolute atomic E-state index is 12.5. The van der Waals surface area contributed by atoms with Crippen LogP contribution >= 0.6 is 0 Å². The van der Waals surface area contributed by atoms with Crippen molar-refractivity contribution in [2.75, 3.05) is 14.2 Å². The number of esters is 2. The summed E-state index contributed by atoms with van der Waals surface area (Å²) < 4.78 is 9.79. The van der Waals surface area contributed by atoms with Gasteiger partial charge >= 0.3 is 11.9 Å². The second-order valence-electron chi connectivity index (χ2n) is 5.51. The van der Waals surface area contributed by atoms with Crippen LogP contribution in [0.25, 0.3) is 0 Å². The first-order valence-corrected chi connectivity index (χ1v) is 7.07. The fraction of sp³-hybridized carbons (Fsp3) is 0.500. The lowest BCUT2D eigenvalue weighted by Gasteiger charge is -2.42. The van der Waals surface area contributed by atoms with E-state index in [0.717, 1.165) is 0 Å². The lowest BCUT2D eigenvalue weighted by atomic mass is 9.59. The molecule has 0 unspecified atom stereocenters. The summed E-state index contributed by atoms with van der Waals surface area (Å²) in [6.07, 6.45) is 1.76. The number of nitrogens with zero attached hydrogens (tertiary/aromatic N) is 1. The Morgan fingerprint density at radius 1 is 1.18 bits per heavy atom. The lowest BCUT2D eigenvalue weighted by molar-refractivity contribution is -0.178. The van der Waals surface area contributed by atoms with Gasteiger partial charge in [-0.05, 0) is 18.1 Å². The van der Waals surface area contributed by atoms with E-state index >= 15 is 0 Å². The van der Waals surface area contributed by atoms with Gasteiger partial charge in [0.15, 0.2) is 5.41 Å². The quantitative estimate of drug-likeness (QED) is 0.621. The van der Waals surface area contributed by atoms with Crippen LogP contribution in [0.2, 0.25) is 0 Å². The summed E-state index contributed by atoms with van der Waals surface area (Å²) in [5, 5.41) is 0. The number of ketones is 1. The highest BCUT2D eigenvalue weighted by Crippen LogP contribution is 2.50. The molecule has 0 amide bonds. The van der Waals surface area contributed by atoms with Crippen molar-refractivity contribution in [1.29, 1.82) is 0 Å². The van der Waals surface area contributed by atoms with Crippen molar-refractivity contribution in [3.05, 3.63) is 30.1 Å². The number of ether oxygens (including phenoxy) is 2. The molecule has 1 heterocycles. The predicted molar refractivity (Wildman–Crippen MR) is 76.8 cm³/mol. The maximum atomic E-state index is 12.5. The second-order valence-corrected chi connectivity index (χ2v) is 5.51. The summed E-state index contributed by atoms with van der Waals surface area (Å²) in [5.74, 6) is -2.60. The van der Waals surface area contributed by atoms with E-state index in [1.807, 2.05) is 0 Å². The number of hydrogen-bond donors (Lipinski definition) is 0. The van der Waals surface area contributed by atoms with Crippen LogP contribution in [-0.2, 0) is 23.9 Å². The van der Waals surface area contributed by atoms with Crippen LogP contribution in [0.5, 0.6) is 0 Å². The van der Waals surface area contributed by atoms with E-state index in [-0.39, 0.29) is 18.6 Å². The summed E-state index contributed by atoms with van der Waals surface area (Å²) in [6, 6.07) is 5.19. The highest BCUT2D eigenvalue weighted by molar-refractivity contribution is 6.04. The number of pyridine rings is 1. The number of carbonyl (C=O) groups is 3. The number of rotatable bonds is 3. The number of aromatic nitrogens is 1. The van der Waals surface area contributed by atoms with Gasteiger partial charge in [-0.2, -0.15) is 0 Å². The van der Waals surface area contributed by atoms with Crippen LogP contribution in [-0.4, -0.2) is 36.9 Å². The van der Waals surface area contributed by atoms with Gasteiger partial charge in [0.25, 0.3) is 0 Å². The largest absolute Gasteiger partial charge is 0.468 e. The van der Waals surface area contributed by atoms with Crippen LogP contribution in [0.1, 0.15) is 31.4 Å². The zero-order chi connectivity index (χ0) is 16.3. The summed E-state index contributed by atoms with van der Waals surface area (Å²) in [7, 11) is 2.46. The maximum Gasteiger partial charge on any atom is 0.324 e. The molecule has 0 spiro atoms. The molecule has 0 bridgehead atoms. The van der Waals surface area contributed by atoms with E-state index in [1.54, 1.807) is 31.3 Å². The summed E-state index contributed by atoms with van der Waals surface area (Å²) in [4.78, 5) is 41.3. The lowest BCUT2D eigenvalue weighted by Crippen LogP contribution is -2.54. The predicted octanol–water partition coefficient (Wildman–Crippen LogP) is 1.50. The van der Waals surface area contributed by atoms with Gasteiger partial charge in [-0.15, -0.1) is 0 Å². The van der Waals surface area contributed by atoms with Gasteiger partial charge in [0.2, 0.25) is 0 Å². The minimum absolute atomic E-state index is 0.00779. The van der Waals surface area contributed by atoms with Crippen LogP contribution in [0, 0.1) is 11.3 Å². The zero-order valence-corrected chi connectivity index (χ0v) is 12.9. The Morgan fingerprint density at radius 3 is 2.32 bits per heavy atom. The average molecular weight is 305 g/mol. The molecule has 1 aliphatic rings. The Morgan fingerprint density at radius 2 is 1.82 bits per heavy atom. The van der Waals surface area contributed by atoms with Crippen molar-refractivity contribution < 1.29 is 23.9 Å². The highest BCUT2D eigenvalue weighted by atomic mass is 16.5. The van der Waals surface area contributed by atoms with E-state index in [9.17, 15) is 14.4 Å². The minimum atomic E-state index is -1.55. The molecule has 6 heteroatoms. The Balaban J connectivity index is 2.64. The molecule has 0 radical (unpaired) electrons. The van der Waals surface area contributed by atoms with Crippen molar-refractivity contribution >= 4 is 17.7 Å². The van der Waals surface area contributed by atoms with Gasteiger partial charge in [-0.1, -0.05) is 13.0 Å². The fourth-order valence-electron chi connectivity index (χ4n) is 3.35. The molecule has 2 rings (SSSR count). The second kappa shape index (κ2) is 6.25. The fourth-order valence-corrected chi connectivity index (χ4v) is 3.35. The number of hydrogen-bond acceptors (Lipinski definition) is 6. The monoisotopic (exact) mass is 305 g/mol. The van der Waals surface area contributed by atoms with Gasteiger partial charge in [0.05, 0.1) is 14.2 Å². The minimum Gasteiger partial charge on any atom is -0.468 e. The molecule has 22 heavy (non-hydrogen) atoms. The van der Waals surface area contributed by atoms with Crippen molar-refractivity contribution in [2.45, 2.75) is 25.7 Å². The topological polar surface area (TPSA) is 82.6 Å². The van der Waals surface area contributed by atoms with E-state index in [0.29, 0.717) is 5.69 Å². The molecule has 2 atom stereocenters. The third kappa shape index (κ3) is 2.38. The van der Waals surface area contributed by atoms with E-state index in [2.05, 4.69) is 4.98 Å². The summed E-state index contributed by atoms with van der Waals surface area (Å²) >= 11 is 0. The third-order valence-electron chi connectivity index (χ3n) is 4.38. The van der Waals surface area contributed by atoms with Crippen LogP contribution < -0.4 is 0 Å². The molecule has 1 fully saturated rings. The standard InChI is InChI=1S/C16H19NO5/c1-10-8-11(18)9-12(13-6-4-5-7-17-13)16(10,14(19)21-2)15(20)22-3/h4-7,10,12H,8-9H2,1-3H3/t10-,12+/m0/s1. The molecule has 118 valence electrons. The van der Waals surface area contributed by atoms with Crippen molar-refractivity contribution in [2.24, 2.45) is 11.3 Å². The van der Waals surface area contributed by atoms with Crippen molar-refractivity contribution in [1.82, 2.24) is 4.98 Å². The summed E-state index contributed by atoms with van der Waals surface area (Å²) in [6.45, 7) is 1.70. The molecule has 1 aliphatic carbocycles. The molecule has 0 N–H and O–H groups in total. The molecule has 0 aromatic carbocycles. The van der Waals surface area contributed by atoms with E-state index < -0.39 is 29.2 Å². The molecule has 1 saturated carbocycles. The highest BCUT2D eigenvalue weighted by Gasteiger charge is 2.61. The summed E-state index contributed by atoms with van der Waals surface area (Å²) in [5.41, 5.74) is -1.04. The molecule has 6 nitrogen and oxygen atoms in total. The first-order chi connectivity index (χ1) is 10.5. The molecule has 1 aromatic heterocycles. The van der Waals surface area contributed by atoms with Crippen LogP contribution in [0.4, 0.5) is 0 Å². The zero-order valence-electron chi connectivity index (χ0n) is 12.9. The number of Topliss-reactive ketones (excluding diaryl/α,β-unsaturated/α-hetero) is 1. The number of carbonyl (C=O) groups excluding carboxylic acids is 3. The van der Waals surface area contributed by atoms with E-state index in [4.69, 9.17) is 9.47 Å². The van der Waals surface area contributed by atoms with Crippen molar-refractivity contribution in [3.8, 4) is 0 Å². The smallest absolute Gasteiger partial charge is 0.324 e. The van der Waals surface area contributed by atoms with Crippen LogP contribution in [0.3, 0.4) is 0 Å². The molecule has 1 aromatic rings. The first-order valence-electron chi connectivity index (χ1n) is 7.07. The first kappa shape index (κ1) is 16.1. The van der Waals surface area contributed by atoms with Gasteiger partial charge in [-0.25, -0.2) is 0 Å². The van der Waals surface area contributed by atoms with Crippen LogP contribution in [0.15, 0.2) is 24.4 Å². The Labute approximate surface area is 128 Å². The third-order valence-corrected chi connectivity index (χ3v) is 4.38. The Kier molecular flexibility index (Phi) is 4.59. The Bertz CT molecular complexity index is 567. The van der Waals surface area contributed by atoms with Crippen molar-refractivity contribution in [3.63, 3.8) is 0 Å². The molecular formula is C16H19NO5. The van der Waals surface area contributed by atoms with Gasteiger partial charge in [0, 0.05) is 30.7 Å². The SMILES string of the molecule is COC(=O)C1(C(=O)OC)[C@@H](c2ccccn2)CC(=O)C[C@@H]1C. The van der Waals surface area contributed by atoms with E-state index in [1.165, 1.54) is 14.2 Å². The Hall–Kier alpha value is -2.24. The molecular weight excluding hydrogens is 286 g/mol. The normalized spacial score (nSPS) is 23.7. The molecule has 0 saturated heterocycles. The van der Waals surface area contributed by atoms with Gasteiger partial charge < -0.3 is 9.47 Å².